The second kappa shape index (κ2) is 11.6. The first-order chi connectivity index (χ1) is 15.4. The van der Waals surface area contributed by atoms with Gasteiger partial charge in [0.2, 0.25) is 0 Å². The van der Waals surface area contributed by atoms with E-state index in [4.69, 9.17) is 9.84 Å². The highest BCUT2D eigenvalue weighted by Crippen LogP contribution is 2.43. The quantitative estimate of drug-likeness (QED) is 0.216. The molecule has 2 rings (SSSR count). The van der Waals surface area contributed by atoms with Crippen molar-refractivity contribution < 1.29 is 27.8 Å². The third kappa shape index (κ3) is 8.09. The fourth-order valence-electron chi connectivity index (χ4n) is 4.00. The van der Waals surface area contributed by atoms with E-state index in [1.165, 1.54) is 5.56 Å². The number of benzene rings is 1. The van der Waals surface area contributed by atoms with Crippen molar-refractivity contribution in [3.8, 4) is 5.75 Å². The molecule has 0 bridgehead atoms. The topological polar surface area (TPSA) is 46.5 Å². The maximum Gasteiger partial charge on any atom is 0.389 e. The molecule has 0 unspecified atom stereocenters. The van der Waals surface area contributed by atoms with Gasteiger partial charge < -0.3 is 9.84 Å². The first-order valence-electron chi connectivity index (χ1n) is 11.6. The lowest BCUT2D eigenvalue weighted by Gasteiger charge is -2.22. The highest BCUT2D eigenvalue weighted by molar-refractivity contribution is 5.81. The van der Waals surface area contributed by atoms with Crippen molar-refractivity contribution in [2.24, 2.45) is 0 Å². The molecule has 0 radical (unpaired) electrons. The molecule has 0 spiro atoms. The molecule has 0 saturated heterocycles. The number of hydrogen-bond donors (Lipinski definition) is 1. The summed E-state index contributed by atoms with van der Waals surface area (Å²) >= 11 is 0. The Labute approximate surface area is 195 Å². The van der Waals surface area contributed by atoms with Crippen molar-refractivity contribution >= 4 is 11.5 Å². The van der Waals surface area contributed by atoms with Crippen LogP contribution in [0.25, 0.3) is 5.57 Å². The normalized spacial score (nSPS) is 15.4. The predicted octanol–water partition coefficient (Wildman–Crippen LogP) is 8.18. The molecule has 0 atom stereocenters. The summed E-state index contributed by atoms with van der Waals surface area (Å²) in [5.41, 5.74) is 6.01. The van der Waals surface area contributed by atoms with Gasteiger partial charge in [0.1, 0.15) is 5.75 Å². The van der Waals surface area contributed by atoms with Gasteiger partial charge in [-0.3, -0.25) is 0 Å². The number of carboxylic acid groups (broad SMARTS) is 1. The zero-order valence-electron chi connectivity index (χ0n) is 20.2. The van der Waals surface area contributed by atoms with E-state index in [0.29, 0.717) is 17.2 Å². The molecular formula is C27H35F3O3. The smallest absolute Gasteiger partial charge is 0.389 e. The number of allylic oxidation sites excluding steroid dienone is 5. The fraction of sp³-hybridized carbons (Fsp3) is 0.519. The first kappa shape index (κ1) is 26.7. The Morgan fingerprint density at radius 2 is 1.85 bits per heavy atom. The lowest BCUT2D eigenvalue weighted by molar-refractivity contribution is -0.136. The van der Waals surface area contributed by atoms with E-state index in [-0.39, 0.29) is 18.9 Å². The van der Waals surface area contributed by atoms with Crippen molar-refractivity contribution in [1.82, 2.24) is 0 Å². The molecule has 1 aliphatic carbocycles. The Bertz CT molecular complexity index is 935. The summed E-state index contributed by atoms with van der Waals surface area (Å²) in [4.78, 5) is 10.9. The van der Waals surface area contributed by atoms with E-state index in [1.807, 2.05) is 6.08 Å². The summed E-state index contributed by atoms with van der Waals surface area (Å²) in [6.07, 6.45) is 2.46. The Hall–Kier alpha value is -2.50. The van der Waals surface area contributed by atoms with Crippen LogP contribution in [0.3, 0.4) is 0 Å². The molecule has 0 amide bonds. The number of rotatable bonds is 10. The minimum atomic E-state index is -4.19. The van der Waals surface area contributed by atoms with Crippen LogP contribution >= 0.6 is 0 Å². The van der Waals surface area contributed by atoms with Gasteiger partial charge in [0.15, 0.2) is 0 Å². The van der Waals surface area contributed by atoms with Crippen LogP contribution in [0.5, 0.6) is 5.75 Å². The van der Waals surface area contributed by atoms with Crippen LogP contribution in [0.15, 0.2) is 41.5 Å². The summed E-state index contributed by atoms with van der Waals surface area (Å²) in [5, 5.41) is 8.95. The van der Waals surface area contributed by atoms with Gasteiger partial charge in [0, 0.05) is 18.1 Å². The molecule has 6 heteroatoms. The number of ether oxygens (including phenoxy) is 1. The fourth-order valence-corrected chi connectivity index (χ4v) is 4.00. The Kier molecular flexibility index (Phi) is 9.38. The third-order valence-electron chi connectivity index (χ3n) is 5.76. The van der Waals surface area contributed by atoms with E-state index in [1.54, 1.807) is 13.0 Å². The van der Waals surface area contributed by atoms with Gasteiger partial charge in [-0.15, -0.1) is 0 Å². The van der Waals surface area contributed by atoms with Gasteiger partial charge in [0.05, 0.1) is 6.61 Å². The van der Waals surface area contributed by atoms with Crippen molar-refractivity contribution in [3.05, 3.63) is 58.2 Å². The maximum atomic E-state index is 12.6. The van der Waals surface area contributed by atoms with Gasteiger partial charge in [-0.2, -0.15) is 13.2 Å². The number of aliphatic carboxylic acids is 1. The van der Waals surface area contributed by atoms with E-state index in [0.717, 1.165) is 47.6 Å². The Morgan fingerprint density at radius 3 is 2.42 bits per heavy atom. The molecule has 0 saturated carbocycles. The van der Waals surface area contributed by atoms with Crippen LogP contribution < -0.4 is 4.74 Å². The predicted molar refractivity (Wildman–Crippen MR) is 127 cm³/mol. The molecule has 0 fully saturated rings. The Morgan fingerprint density at radius 1 is 1.15 bits per heavy atom. The number of carbonyl (C=O) groups is 1. The van der Waals surface area contributed by atoms with Crippen LogP contribution in [0.1, 0.15) is 95.2 Å². The average molecular weight is 465 g/mol. The van der Waals surface area contributed by atoms with Gasteiger partial charge in [-0.1, -0.05) is 45.9 Å². The number of hydrogen-bond acceptors (Lipinski definition) is 2. The largest absolute Gasteiger partial charge is 0.493 e. The molecule has 1 aliphatic rings. The van der Waals surface area contributed by atoms with Crippen LogP contribution in [0.4, 0.5) is 13.2 Å². The minimum absolute atomic E-state index is 0.00612. The number of alkyl halides is 3. The molecule has 3 nitrogen and oxygen atoms in total. The van der Waals surface area contributed by atoms with Crippen LogP contribution in [0.2, 0.25) is 0 Å². The minimum Gasteiger partial charge on any atom is -0.493 e. The van der Waals surface area contributed by atoms with E-state index in [9.17, 15) is 18.0 Å². The summed E-state index contributed by atoms with van der Waals surface area (Å²) in [7, 11) is 0. The summed E-state index contributed by atoms with van der Waals surface area (Å²) in [6, 6.07) is 4.23. The van der Waals surface area contributed by atoms with Crippen LogP contribution in [0, 0.1) is 0 Å². The number of halogens is 3. The second-order valence-electron chi connectivity index (χ2n) is 9.28. The summed E-state index contributed by atoms with van der Waals surface area (Å²) in [5.74, 6) is 0.139. The number of carboxylic acids is 1. The van der Waals surface area contributed by atoms with Gasteiger partial charge >= 0.3 is 12.1 Å². The Balaban J connectivity index is 2.53. The lowest BCUT2D eigenvalue weighted by Crippen LogP contribution is -2.11. The third-order valence-corrected chi connectivity index (χ3v) is 5.76. The SMILES string of the molecule is CC(C=CC1=C(c2cc(C(C)C)cc(C(C)C)c2OCCCC(F)(F)F)CCC1)=CC(=O)O. The van der Waals surface area contributed by atoms with Gasteiger partial charge in [-0.05, 0) is 78.4 Å². The van der Waals surface area contributed by atoms with E-state index in [2.05, 4.69) is 39.8 Å². The standard InChI is InChI=1S/C27H35F3O3/c1-17(2)21-15-23(18(3)4)26(33-13-7-12-27(28,29)30)24(16-21)22-9-6-8-20(22)11-10-19(5)14-25(31)32/h10-11,14-18H,6-9,12-13H2,1-5H3,(H,31,32). The van der Waals surface area contributed by atoms with Crippen molar-refractivity contribution in [2.75, 3.05) is 6.61 Å². The molecule has 182 valence electrons. The van der Waals surface area contributed by atoms with E-state index < -0.39 is 18.6 Å². The van der Waals surface area contributed by atoms with Crippen molar-refractivity contribution in [1.29, 1.82) is 0 Å². The maximum absolute atomic E-state index is 12.6. The molecule has 0 aliphatic heterocycles. The first-order valence-corrected chi connectivity index (χ1v) is 11.6. The van der Waals surface area contributed by atoms with E-state index >= 15 is 0 Å². The second-order valence-corrected chi connectivity index (χ2v) is 9.28. The molecule has 0 heterocycles. The zero-order valence-corrected chi connectivity index (χ0v) is 20.2. The molecule has 1 aromatic rings. The molecule has 1 N–H and O–H groups in total. The molecule has 33 heavy (non-hydrogen) atoms. The van der Waals surface area contributed by atoms with Crippen molar-refractivity contribution in [2.45, 2.75) is 84.7 Å². The highest BCUT2D eigenvalue weighted by atomic mass is 19.4. The lowest BCUT2D eigenvalue weighted by atomic mass is 9.88. The average Bonchev–Trinajstić information content (AvgIpc) is 3.16. The molecule has 1 aromatic carbocycles. The van der Waals surface area contributed by atoms with Crippen LogP contribution in [-0.2, 0) is 4.79 Å². The van der Waals surface area contributed by atoms with Gasteiger partial charge in [0.25, 0.3) is 0 Å². The summed E-state index contributed by atoms with van der Waals surface area (Å²) in [6.45, 7) is 10.1. The van der Waals surface area contributed by atoms with Gasteiger partial charge in [-0.25, -0.2) is 4.79 Å². The summed E-state index contributed by atoms with van der Waals surface area (Å²) < 4.78 is 43.9. The monoisotopic (exact) mass is 464 g/mol. The van der Waals surface area contributed by atoms with Crippen molar-refractivity contribution in [3.63, 3.8) is 0 Å². The molecule has 0 aromatic heterocycles. The highest BCUT2D eigenvalue weighted by Gasteiger charge is 2.27. The zero-order chi connectivity index (χ0) is 24.8. The molecular weight excluding hydrogens is 429 g/mol. The van der Waals surface area contributed by atoms with Crippen LogP contribution in [-0.4, -0.2) is 23.9 Å².